The van der Waals surface area contributed by atoms with Crippen molar-refractivity contribution < 1.29 is 0 Å². The third kappa shape index (κ3) is 4.31. The number of fused-ring (bicyclic) bond motifs is 1. The molecular weight excluding hydrogens is 304 g/mol. The molecule has 0 atom stereocenters. The lowest BCUT2D eigenvalue weighted by atomic mass is 9.93. The molecule has 2 heterocycles. The maximum atomic E-state index is 2.68. The van der Waals surface area contributed by atoms with Gasteiger partial charge in [-0.3, -0.25) is 9.80 Å². The maximum absolute atomic E-state index is 2.68. The molecule has 0 aliphatic carbocycles. The van der Waals surface area contributed by atoms with Crippen molar-refractivity contribution in [2.75, 3.05) is 26.2 Å². The van der Waals surface area contributed by atoms with Gasteiger partial charge in [-0.25, -0.2) is 0 Å². The highest BCUT2D eigenvalue weighted by Gasteiger charge is 2.23. The average Bonchev–Trinajstić information content (AvgIpc) is 2.63. The lowest BCUT2D eigenvalue weighted by molar-refractivity contribution is 0.132. The summed E-state index contributed by atoms with van der Waals surface area (Å²) in [5.41, 5.74) is 5.95. The van der Waals surface area contributed by atoms with Crippen LogP contribution in [-0.2, 0) is 19.5 Å². The van der Waals surface area contributed by atoms with Crippen LogP contribution >= 0.6 is 0 Å². The van der Waals surface area contributed by atoms with Crippen molar-refractivity contribution >= 4 is 0 Å². The van der Waals surface area contributed by atoms with Crippen LogP contribution in [-0.4, -0.2) is 36.0 Å². The molecule has 2 heteroatoms. The summed E-state index contributed by atoms with van der Waals surface area (Å²) < 4.78 is 0. The number of piperidine rings is 1. The van der Waals surface area contributed by atoms with E-state index in [2.05, 4.69) is 65.3 Å². The number of rotatable bonds is 4. The van der Waals surface area contributed by atoms with Gasteiger partial charge in [0.15, 0.2) is 0 Å². The summed E-state index contributed by atoms with van der Waals surface area (Å²) in [6, 6.07) is 18.0. The first kappa shape index (κ1) is 16.8. The van der Waals surface area contributed by atoms with E-state index in [1.54, 1.807) is 11.1 Å². The first-order valence-electron chi connectivity index (χ1n) is 9.83. The van der Waals surface area contributed by atoms with Gasteiger partial charge < -0.3 is 0 Å². The van der Waals surface area contributed by atoms with Gasteiger partial charge in [0.2, 0.25) is 0 Å². The minimum atomic E-state index is 0.874. The van der Waals surface area contributed by atoms with Crippen LogP contribution in [0.15, 0.2) is 48.5 Å². The van der Waals surface area contributed by atoms with E-state index in [1.807, 2.05) is 0 Å². The van der Waals surface area contributed by atoms with Crippen molar-refractivity contribution in [2.24, 2.45) is 5.92 Å². The van der Waals surface area contributed by atoms with E-state index >= 15 is 0 Å². The van der Waals surface area contributed by atoms with E-state index in [-0.39, 0.29) is 0 Å². The van der Waals surface area contributed by atoms with E-state index in [0.29, 0.717) is 0 Å². The van der Waals surface area contributed by atoms with Crippen molar-refractivity contribution in [3.63, 3.8) is 0 Å². The Bertz CT molecular complexity index is 701. The summed E-state index contributed by atoms with van der Waals surface area (Å²) in [6.45, 7) is 9.48. The number of hydrogen-bond acceptors (Lipinski definition) is 2. The molecule has 2 aliphatic heterocycles. The zero-order chi connectivity index (χ0) is 17.1. The summed E-state index contributed by atoms with van der Waals surface area (Å²) in [5, 5.41) is 0. The van der Waals surface area contributed by atoms with Crippen molar-refractivity contribution in [1.29, 1.82) is 0 Å². The Hall–Kier alpha value is -1.64. The molecule has 0 amide bonds. The Labute approximate surface area is 152 Å². The van der Waals surface area contributed by atoms with E-state index in [9.17, 15) is 0 Å². The fourth-order valence-electron chi connectivity index (χ4n) is 4.47. The van der Waals surface area contributed by atoms with Gasteiger partial charge in [-0.15, -0.1) is 0 Å². The van der Waals surface area contributed by atoms with Crippen LogP contribution in [0.25, 0.3) is 0 Å². The lowest BCUT2D eigenvalue weighted by Gasteiger charge is -2.36. The number of hydrogen-bond donors (Lipinski definition) is 0. The Morgan fingerprint density at radius 1 is 0.880 bits per heavy atom. The van der Waals surface area contributed by atoms with E-state index < -0.39 is 0 Å². The molecule has 2 aromatic carbocycles. The van der Waals surface area contributed by atoms with Gasteiger partial charge in [-0.05, 0) is 61.9 Å². The number of nitrogens with zero attached hydrogens (tertiary/aromatic N) is 2. The van der Waals surface area contributed by atoms with Gasteiger partial charge in [0.05, 0.1) is 0 Å². The van der Waals surface area contributed by atoms with Gasteiger partial charge in [0.1, 0.15) is 0 Å². The molecule has 0 aromatic heterocycles. The fraction of sp³-hybridized carbons (Fsp3) is 0.478. The summed E-state index contributed by atoms with van der Waals surface area (Å²) in [4.78, 5) is 5.32. The van der Waals surface area contributed by atoms with Crippen LogP contribution in [0, 0.1) is 12.8 Å². The van der Waals surface area contributed by atoms with Crippen LogP contribution in [0.3, 0.4) is 0 Å². The second kappa shape index (κ2) is 7.72. The zero-order valence-corrected chi connectivity index (χ0v) is 15.5. The molecule has 0 radical (unpaired) electrons. The zero-order valence-electron chi connectivity index (χ0n) is 15.5. The first-order chi connectivity index (χ1) is 12.3. The molecule has 0 N–H and O–H groups in total. The molecule has 0 saturated carbocycles. The summed E-state index contributed by atoms with van der Waals surface area (Å²) in [7, 11) is 0. The number of likely N-dealkylation sites (tertiary alicyclic amines) is 1. The van der Waals surface area contributed by atoms with Crippen LogP contribution in [0.2, 0.25) is 0 Å². The van der Waals surface area contributed by atoms with Crippen molar-refractivity contribution in [2.45, 2.75) is 39.3 Å². The molecular formula is C23H30N2. The SMILES string of the molecule is Cc1cccc(CN2CCC(CN3CCc4ccccc4C3)CC2)c1. The molecule has 0 bridgehead atoms. The van der Waals surface area contributed by atoms with E-state index in [1.165, 1.54) is 56.6 Å². The van der Waals surface area contributed by atoms with Gasteiger partial charge in [-0.1, -0.05) is 54.1 Å². The third-order valence-corrected chi connectivity index (χ3v) is 5.92. The van der Waals surface area contributed by atoms with Crippen molar-refractivity contribution in [1.82, 2.24) is 9.80 Å². The van der Waals surface area contributed by atoms with Gasteiger partial charge >= 0.3 is 0 Å². The third-order valence-electron chi connectivity index (χ3n) is 5.92. The molecule has 0 unspecified atom stereocenters. The molecule has 0 spiro atoms. The predicted molar refractivity (Wildman–Crippen MR) is 105 cm³/mol. The maximum Gasteiger partial charge on any atom is 0.0236 e. The minimum Gasteiger partial charge on any atom is -0.299 e. The average molecular weight is 335 g/mol. The number of aryl methyl sites for hydroxylation is 1. The highest BCUT2D eigenvalue weighted by molar-refractivity contribution is 5.29. The van der Waals surface area contributed by atoms with Gasteiger partial charge in [0, 0.05) is 26.2 Å². The highest BCUT2D eigenvalue weighted by atomic mass is 15.1. The van der Waals surface area contributed by atoms with Crippen LogP contribution < -0.4 is 0 Å². The van der Waals surface area contributed by atoms with Gasteiger partial charge in [-0.2, -0.15) is 0 Å². The standard InChI is InChI=1S/C23H30N2/c1-19-5-4-6-21(15-19)17-24-12-9-20(10-13-24)16-25-14-11-22-7-2-3-8-23(22)18-25/h2-8,15,20H,9-14,16-18H2,1H3. The van der Waals surface area contributed by atoms with Crippen LogP contribution in [0.1, 0.15) is 35.1 Å². The highest BCUT2D eigenvalue weighted by Crippen LogP contribution is 2.24. The van der Waals surface area contributed by atoms with E-state index in [0.717, 1.165) is 19.0 Å². The molecule has 1 fully saturated rings. The second-order valence-electron chi connectivity index (χ2n) is 7.96. The quantitative estimate of drug-likeness (QED) is 0.824. The molecule has 4 rings (SSSR count). The van der Waals surface area contributed by atoms with Crippen molar-refractivity contribution in [3.8, 4) is 0 Å². The lowest BCUT2D eigenvalue weighted by Crippen LogP contribution is -2.40. The van der Waals surface area contributed by atoms with Crippen molar-refractivity contribution in [3.05, 3.63) is 70.8 Å². The summed E-state index contributed by atoms with van der Waals surface area (Å²) in [5.74, 6) is 0.874. The Morgan fingerprint density at radius 3 is 2.48 bits per heavy atom. The summed E-state index contributed by atoms with van der Waals surface area (Å²) >= 11 is 0. The Kier molecular flexibility index (Phi) is 5.19. The Balaban J connectivity index is 1.25. The second-order valence-corrected chi connectivity index (χ2v) is 7.96. The smallest absolute Gasteiger partial charge is 0.0236 e. The van der Waals surface area contributed by atoms with Crippen LogP contribution in [0.5, 0.6) is 0 Å². The predicted octanol–water partition coefficient (Wildman–Crippen LogP) is 4.27. The number of benzene rings is 2. The fourth-order valence-corrected chi connectivity index (χ4v) is 4.47. The Morgan fingerprint density at radius 2 is 1.68 bits per heavy atom. The monoisotopic (exact) mass is 334 g/mol. The minimum absolute atomic E-state index is 0.874. The van der Waals surface area contributed by atoms with E-state index in [4.69, 9.17) is 0 Å². The molecule has 25 heavy (non-hydrogen) atoms. The molecule has 132 valence electrons. The molecule has 2 aliphatic rings. The normalized spacial score (nSPS) is 19.7. The summed E-state index contributed by atoms with van der Waals surface area (Å²) in [6.07, 6.45) is 3.93. The van der Waals surface area contributed by atoms with Gasteiger partial charge in [0.25, 0.3) is 0 Å². The first-order valence-corrected chi connectivity index (χ1v) is 9.83. The molecule has 2 aromatic rings. The molecule has 1 saturated heterocycles. The van der Waals surface area contributed by atoms with Crippen LogP contribution in [0.4, 0.5) is 0 Å². The molecule has 2 nitrogen and oxygen atoms in total. The largest absolute Gasteiger partial charge is 0.299 e. The topological polar surface area (TPSA) is 6.48 Å².